The minimum atomic E-state index is -0.833. The van der Waals surface area contributed by atoms with Crippen LogP contribution in [-0.4, -0.2) is 17.1 Å². The number of carboxylic acid groups (broad SMARTS) is 1. The summed E-state index contributed by atoms with van der Waals surface area (Å²) in [6, 6.07) is -0.833. The number of carboxylic acids is 1. The van der Waals surface area contributed by atoms with E-state index in [9.17, 15) is 4.79 Å². The minimum absolute atomic E-state index is 0.343. The van der Waals surface area contributed by atoms with Crippen LogP contribution in [-0.2, 0) is 4.79 Å². The molecule has 0 aliphatic carbocycles. The molecule has 0 rings (SSSR count). The summed E-state index contributed by atoms with van der Waals surface area (Å²) < 4.78 is 0. The first kappa shape index (κ1) is 19.1. The predicted octanol–water partition coefficient (Wildman–Crippen LogP) is 3.02. The highest BCUT2D eigenvalue weighted by Gasteiger charge is 1.96. The Morgan fingerprint density at radius 2 is 1.17 bits per heavy atom. The first-order chi connectivity index (χ1) is 8.50. The van der Waals surface area contributed by atoms with Crippen LogP contribution in [0, 0.1) is 0 Å². The number of unbranched alkanes of at least 4 members (excludes halogenated alkanes) is 8. The summed E-state index contributed by atoms with van der Waals surface area (Å²) in [6.07, 6.45) is 11.5. The highest BCUT2D eigenvalue weighted by atomic mass is 16.4. The fraction of sp³-hybridized carbons (Fsp3) is 0.846. The molecule has 5 N–H and O–H groups in total. The maximum atomic E-state index is 10.2. The van der Waals surface area contributed by atoms with Crippen molar-refractivity contribution in [3.63, 3.8) is 0 Å². The fourth-order valence-electron chi connectivity index (χ4n) is 1.59. The molecule has 2 amide bonds. The topological polar surface area (TPSA) is 106 Å². The van der Waals surface area contributed by atoms with Gasteiger partial charge >= 0.3 is 12.0 Å². The zero-order chi connectivity index (χ0) is 14.2. The van der Waals surface area contributed by atoms with Crippen LogP contribution in [0.4, 0.5) is 4.79 Å². The van der Waals surface area contributed by atoms with Crippen LogP contribution in [0.5, 0.6) is 0 Å². The average Bonchev–Trinajstić information content (AvgIpc) is 2.26. The van der Waals surface area contributed by atoms with E-state index < -0.39 is 12.0 Å². The lowest BCUT2D eigenvalue weighted by atomic mass is 10.1. The van der Waals surface area contributed by atoms with Crippen molar-refractivity contribution in [1.82, 2.24) is 0 Å². The van der Waals surface area contributed by atoms with Crippen molar-refractivity contribution in [3.05, 3.63) is 0 Å². The monoisotopic (exact) mass is 260 g/mol. The largest absolute Gasteiger partial charge is 0.481 e. The number of carbonyl (C=O) groups is 2. The van der Waals surface area contributed by atoms with E-state index in [1.807, 2.05) is 0 Å². The Balaban J connectivity index is 0. The number of primary amides is 2. The molecule has 0 spiro atoms. The Morgan fingerprint density at radius 3 is 1.50 bits per heavy atom. The number of aliphatic carboxylic acids is 1. The van der Waals surface area contributed by atoms with Crippen molar-refractivity contribution in [2.75, 3.05) is 0 Å². The van der Waals surface area contributed by atoms with Gasteiger partial charge in [-0.25, -0.2) is 4.79 Å². The zero-order valence-corrected chi connectivity index (χ0v) is 11.5. The third-order valence-corrected chi connectivity index (χ3v) is 2.49. The fourth-order valence-corrected chi connectivity index (χ4v) is 1.59. The van der Waals surface area contributed by atoms with Crippen molar-refractivity contribution >= 4 is 12.0 Å². The van der Waals surface area contributed by atoms with Crippen molar-refractivity contribution < 1.29 is 14.7 Å². The van der Waals surface area contributed by atoms with Gasteiger partial charge in [0.15, 0.2) is 0 Å². The van der Waals surface area contributed by atoms with Gasteiger partial charge in [0.2, 0.25) is 0 Å². The van der Waals surface area contributed by atoms with Gasteiger partial charge in [0.25, 0.3) is 0 Å². The number of hydrogen-bond donors (Lipinski definition) is 3. The molecule has 0 saturated heterocycles. The van der Waals surface area contributed by atoms with E-state index >= 15 is 0 Å². The molecule has 108 valence electrons. The lowest BCUT2D eigenvalue weighted by Gasteiger charge is -2.00. The van der Waals surface area contributed by atoms with Gasteiger partial charge in [0.05, 0.1) is 0 Å². The molecule has 0 aromatic carbocycles. The first-order valence-electron chi connectivity index (χ1n) is 6.77. The first-order valence-corrected chi connectivity index (χ1v) is 6.77. The normalized spacial score (nSPS) is 9.39. The summed E-state index contributed by atoms with van der Waals surface area (Å²) in [7, 11) is 0. The number of hydrogen-bond acceptors (Lipinski definition) is 2. The second-order valence-electron chi connectivity index (χ2n) is 4.37. The summed E-state index contributed by atoms with van der Waals surface area (Å²) in [5.74, 6) is -0.659. The van der Waals surface area contributed by atoms with Gasteiger partial charge in [-0.2, -0.15) is 0 Å². The van der Waals surface area contributed by atoms with Gasteiger partial charge in [-0.1, -0.05) is 58.3 Å². The van der Waals surface area contributed by atoms with E-state index in [1.165, 1.54) is 44.9 Å². The molecule has 0 aromatic heterocycles. The zero-order valence-electron chi connectivity index (χ0n) is 11.5. The average molecular weight is 260 g/mol. The van der Waals surface area contributed by atoms with Gasteiger partial charge in [-0.05, 0) is 6.42 Å². The molecular formula is C13H28N2O3. The molecular weight excluding hydrogens is 232 g/mol. The second kappa shape index (κ2) is 15.7. The molecule has 0 aliphatic heterocycles. The van der Waals surface area contributed by atoms with Crippen LogP contribution < -0.4 is 11.5 Å². The Hall–Kier alpha value is -1.26. The molecule has 18 heavy (non-hydrogen) atoms. The van der Waals surface area contributed by atoms with E-state index in [0.29, 0.717) is 6.42 Å². The van der Waals surface area contributed by atoms with E-state index in [1.54, 1.807) is 0 Å². The molecule has 0 aliphatic rings. The summed E-state index contributed by atoms with van der Waals surface area (Å²) in [5, 5.41) is 8.41. The van der Waals surface area contributed by atoms with E-state index in [4.69, 9.17) is 9.90 Å². The van der Waals surface area contributed by atoms with Crippen molar-refractivity contribution in [3.8, 4) is 0 Å². The Labute approximate surface area is 110 Å². The minimum Gasteiger partial charge on any atom is -0.481 e. The number of rotatable bonds is 10. The van der Waals surface area contributed by atoms with E-state index in [0.717, 1.165) is 12.8 Å². The molecule has 0 atom stereocenters. The lowest BCUT2D eigenvalue weighted by molar-refractivity contribution is -0.137. The molecule has 5 nitrogen and oxygen atoms in total. The van der Waals surface area contributed by atoms with Crippen molar-refractivity contribution in [1.29, 1.82) is 0 Å². The third-order valence-electron chi connectivity index (χ3n) is 2.49. The highest BCUT2D eigenvalue weighted by molar-refractivity contribution is 5.69. The summed E-state index contributed by atoms with van der Waals surface area (Å²) in [4.78, 5) is 19.2. The standard InChI is InChI=1S/C12H24O2.CH4N2O/c1-2-3-4-5-6-7-8-9-10-11-12(13)14;2-1(3)4/h2-11H2,1H3,(H,13,14);(H4,2,3,4). The maximum Gasteiger partial charge on any atom is 0.309 e. The van der Waals surface area contributed by atoms with Crippen LogP contribution in [0.25, 0.3) is 0 Å². The lowest BCUT2D eigenvalue weighted by Crippen LogP contribution is -2.18. The Kier molecular flexibility index (Phi) is 16.7. The van der Waals surface area contributed by atoms with Crippen LogP contribution in [0.3, 0.4) is 0 Å². The molecule has 0 unspecified atom stereocenters. The number of carbonyl (C=O) groups excluding carboxylic acids is 1. The van der Waals surface area contributed by atoms with Crippen LogP contribution in [0.1, 0.15) is 71.1 Å². The third kappa shape index (κ3) is 29.3. The van der Waals surface area contributed by atoms with Crippen molar-refractivity contribution in [2.24, 2.45) is 11.5 Å². The van der Waals surface area contributed by atoms with Crippen LogP contribution in [0.2, 0.25) is 0 Å². The van der Waals surface area contributed by atoms with E-state index in [-0.39, 0.29) is 0 Å². The summed E-state index contributed by atoms with van der Waals surface area (Å²) >= 11 is 0. The van der Waals surface area contributed by atoms with E-state index in [2.05, 4.69) is 18.4 Å². The van der Waals surface area contributed by atoms with Gasteiger partial charge in [0.1, 0.15) is 0 Å². The second-order valence-corrected chi connectivity index (χ2v) is 4.37. The highest BCUT2D eigenvalue weighted by Crippen LogP contribution is 2.10. The van der Waals surface area contributed by atoms with Gasteiger partial charge in [-0.15, -0.1) is 0 Å². The van der Waals surface area contributed by atoms with Crippen LogP contribution >= 0.6 is 0 Å². The molecule has 0 saturated carbocycles. The number of nitrogens with two attached hydrogens (primary N) is 2. The van der Waals surface area contributed by atoms with Gasteiger partial charge in [-0.3, -0.25) is 4.79 Å². The van der Waals surface area contributed by atoms with Gasteiger partial charge in [0, 0.05) is 6.42 Å². The quantitative estimate of drug-likeness (QED) is 0.525. The predicted molar refractivity (Wildman–Crippen MR) is 73.3 cm³/mol. The molecule has 0 fully saturated rings. The Bertz CT molecular complexity index is 204. The van der Waals surface area contributed by atoms with Crippen molar-refractivity contribution in [2.45, 2.75) is 71.1 Å². The summed E-state index contributed by atoms with van der Waals surface area (Å²) in [5.41, 5.74) is 8.50. The molecule has 0 aromatic rings. The smallest absolute Gasteiger partial charge is 0.309 e. The molecule has 0 heterocycles. The van der Waals surface area contributed by atoms with Crippen LogP contribution in [0.15, 0.2) is 0 Å². The molecule has 5 heteroatoms. The number of urea groups is 1. The molecule has 0 radical (unpaired) electrons. The summed E-state index contributed by atoms with van der Waals surface area (Å²) in [6.45, 7) is 2.23. The Morgan fingerprint density at radius 1 is 0.833 bits per heavy atom. The van der Waals surface area contributed by atoms with Gasteiger partial charge < -0.3 is 16.6 Å². The number of amides is 2. The molecule has 0 bridgehead atoms. The SMILES string of the molecule is CCCCCCCCCCCC(=O)O.NC(N)=O. The maximum absolute atomic E-state index is 10.2.